The highest BCUT2D eigenvalue weighted by Gasteiger charge is 2.21. The zero-order valence-corrected chi connectivity index (χ0v) is 18.9. The molecule has 1 aliphatic carbocycles. The molecule has 6 nitrogen and oxygen atoms in total. The molecule has 0 unspecified atom stereocenters. The lowest BCUT2D eigenvalue weighted by molar-refractivity contribution is -0.111. The zero-order chi connectivity index (χ0) is 22.3. The molecule has 3 rings (SSSR count). The summed E-state index contributed by atoms with van der Waals surface area (Å²) in [7, 11) is -3.49. The summed E-state index contributed by atoms with van der Waals surface area (Å²) in [6.45, 7) is 4.47. The van der Waals surface area contributed by atoms with E-state index < -0.39 is 10.0 Å². The van der Waals surface area contributed by atoms with Crippen LogP contribution in [0.4, 0.5) is 5.69 Å². The molecule has 7 heteroatoms. The number of hydrogen-bond donors (Lipinski definition) is 1. The largest absolute Gasteiger partial charge is 0.488 e. The molecule has 2 aromatic rings. The lowest BCUT2D eigenvalue weighted by Crippen LogP contribution is -2.30. The lowest BCUT2D eigenvalue weighted by atomic mass is 10.2. The minimum atomic E-state index is -3.49. The van der Waals surface area contributed by atoms with Crippen molar-refractivity contribution in [3.05, 3.63) is 60.2 Å². The van der Waals surface area contributed by atoms with E-state index in [9.17, 15) is 13.2 Å². The second-order valence-corrected chi connectivity index (χ2v) is 9.44. The number of nitrogens with one attached hydrogen (secondary N) is 1. The van der Waals surface area contributed by atoms with E-state index in [1.54, 1.807) is 30.3 Å². The molecule has 0 saturated heterocycles. The normalized spacial score (nSPS) is 14.9. The number of hydrogen-bond acceptors (Lipinski definition) is 4. The van der Waals surface area contributed by atoms with Crippen LogP contribution in [0.5, 0.6) is 5.75 Å². The van der Waals surface area contributed by atoms with E-state index in [-0.39, 0.29) is 16.9 Å². The van der Waals surface area contributed by atoms with Gasteiger partial charge in [0, 0.05) is 19.2 Å². The van der Waals surface area contributed by atoms with Crippen molar-refractivity contribution in [1.82, 2.24) is 4.31 Å². The summed E-state index contributed by atoms with van der Waals surface area (Å²) in [4.78, 5) is 12.7. The van der Waals surface area contributed by atoms with Gasteiger partial charge in [-0.25, -0.2) is 8.42 Å². The molecule has 0 aliphatic heterocycles. The molecule has 1 saturated carbocycles. The first-order valence-corrected chi connectivity index (χ1v) is 12.2. The number of anilines is 1. The van der Waals surface area contributed by atoms with Crippen LogP contribution in [-0.4, -0.2) is 37.8 Å². The van der Waals surface area contributed by atoms with Gasteiger partial charge >= 0.3 is 0 Å². The number of rotatable bonds is 9. The van der Waals surface area contributed by atoms with Gasteiger partial charge in [0.25, 0.3) is 0 Å². The summed E-state index contributed by atoms with van der Waals surface area (Å²) in [5, 5.41) is 2.87. The highest BCUT2D eigenvalue weighted by atomic mass is 32.2. The van der Waals surface area contributed by atoms with Crippen molar-refractivity contribution in [1.29, 1.82) is 0 Å². The fourth-order valence-corrected chi connectivity index (χ4v) is 5.13. The molecule has 166 valence electrons. The molecule has 0 bridgehead atoms. The Balaban J connectivity index is 1.64. The molecule has 31 heavy (non-hydrogen) atoms. The second-order valence-electron chi connectivity index (χ2n) is 7.50. The van der Waals surface area contributed by atoms with Crippen molar-refractivity contribution in [2.75, 3.05) is 18.4 Å². The molecule has 0 spiro atoms. The first-order chi connectivity index (χ1) is 14.9. The Morgan fingerprint density at radius 1 is 1.06 bits per heavy atom. The van der Waals surface area contributed by atoms with Crippen molar-refractivity contribution in [2.45, 2.75) is 50.5 Å². The topological polar surface area (TPSA) is 75.7 Å². The van der Waals surface area contributed by atoms with Crippen molar-refractivity contribution >= 4 is 27.7 Å². The molecule has 0 aromatic heterocycles. The Kier molecular flexibility index (Phi) is 7.87. The molecule has 2 aromatic carbocycles. The Morgan fingerprint density at radius 2 is 1.71 bits per heavy atom. The number of para-hydroxylation sites is 2. The van der Waals surface area contributed by atoms with Crippen molar-refractivity contribution in [3.8, 4) is 5.75 Å². The van der Waals surface area contributed by atoms with Gasteiger partial charge in [-0.05, 0) is 61.6 Å². The number of sulfonamides is 1. The van der Waals surface area contributed by atoms with Crippen LogP contribution in [-0.2, 0) is 14.8 Å². The summed E-state index contributed by atoms with van der Waals surface area (Å²) in [5.41, 5.74) is 1.38. The quantitative estimate of drug-likeness (QED) is 0.572. The predicted octanol–water partition coefficient (Wildman–Crippen LogP) is 4.69. The minimum absolute atomic E-state index is 0.208. The Bertz CT molecular complexity index is 1010. The average Bonchev–Trinajstić information content (AvgIpc) is 3.28. The number of amides is 1. The minimum Gasteiger partial charge on any atom is -0.488 e. The number of benzene rings is 2. The van der Waals surface area contributed by atoms with Crippen LogP contribution in [0.25, 0.3) is 6.08 Å². The van der Waals surface area contributed by atoms with Gasteiger partial charge in [0.2, 0.25) is 15.9 Å². The van der Waals surface area contributed by atoms with Gasteiger partial charge in [-0.2, -0.15) is 4.31 Å². The van der Waals surface area contributed by atoms with Crippen LogP contribution in [0, 0.1) is 0 Å². The van der Waals surface area contributed by atoms with E-state index in [0.717, 1.165) is 18.4 Å². The SMILES string of the molecule is CCN(CC)S(=O)(=O)c1ccc(C=CC(=O)Nc2ccccc2OC2CCCC2)cc1. The molecular weight excluding hydrogens is 412 g/mol. The van der Waals surface area contributed by atoms with Gasteiger partial charge in [-0.3, -0.25) is 4.79 Å². The van der Waals surface area contributed by atoms with Gasteiger partial charge in [0.05, 0.1) is 16.7 Å². The van der Waals surface area contributed by atoms with Crippen LogP contribution in [0.2, 0.25) is 0 Å². The van der Waals surface area contributed by atoms with Crippen LogP contribution >= 0.6 is 0 Å². The third-order valence-electron chi connectivity index (χ3n) is 5.39. The van der Waals surface area contributed by atoms with Gasteiger partial charge in [0.15, 0.2) is 0 Å². The molecule has 1 aliphatic rings. The summed E-state index contributed by atoms with van der Waals surface area (Å²) in [6, 6.07) is 14.0. The smallest absolute Gasteiger partial charge is 0.248 e. The molecule has 1 N–H and O–H groups in total. The molecule has 1 fully saturated rings. The predicted molar refractivity (Wildman–Crippen MR) is 124 cm³/mol. The summed E-state index contributed by atoms with van der Waals surface area (Å²) >= 11 is 0. The molecule has 1 amide bonds. The Morgan fingerprint density at radius 3 is 2.35 bits per heavy atom. The lowest BCUT2D eigenvalue weighted by Gasteiger charge is -2.18. The van der Waals surface area contributed by atoms with Gasteiger partial charge in [0.1, 0.15) is 5.75 Å². The highest BCUT2D eigenvalue weighted by molar-refractivity contribution is 7.89. The van der Waals surface area contributed by atoms with E-state index in [1.165, 1.54) is 23.2 Å². The van der Waals surface area contributed by atoms with E-state index in [0.29, 0.717) is 24.5 Å². The van der Waals surface area contributed by atoms with E-state index >= 15 is 0 Å². The fourth-order valence-electron chi connectivity index (χ4n) is 3.67. The third-order valence-corrected chi connectivity index (χ3v) is 7.46. The van der Waals surface area contributed by atoms with Crippen LogP contribution in [0.1, 0.15) is 45.1 Å². The maximum atomic E-state index is 12.6. The van der Waals surface area contributed by atoms with E-state index in [2.05, 4.69) is 5.32 Å². The average molecular weight is 443 g/mol. The fraction of sp³-hybridized carbons (Fsp3) is 0.375. The number of carbonyl (C=O) groups excluding carboxylic acids is 1. The summed E-state index contributed by atoms with van der Waals surface area (Å²) in [5.74, 6) is 0.407. The first-order valence-electron chi connectivity index (χ1n) is 10.8. The number of ether oxygens (including phenoxy) is 1. The van der Waals surface area contributed by atoms with Crippen LogP contribution < -0.4 is 10.1 Å². The molecule has 0 atom stereocenters. The zero-order valence-electron chi connectivity index (χ0n) is 18.1. The molecular formula is C24H30N2O4S. The van der Waals surface area contributed by atoms with Crippen LogP contribution in [0.3, 0.4) is 0 Å². The standard InChI is InChI=1S/C24H30N2O4S/c1-3-26(4-2)31(28,29)21-16-13-19(14-17-21)15-18-24(27)25-22-11-7-8-12-23(22)30-20-9-5-6-10-20/h7-8,11-18,20H,3-6,9-10H2,1-2H3,(H,25,27). The van der Waals surface area contributed by atoms with Crippen molar-refractivity contribution in [2.24, 2.45) is 0 Å². The Hall–Kier alpha value is -2.64. The van der Waals surface area contributed by atoms with Gasteiger partial charge in [-0.1, -0.05) is 38.1 Å². The molecule has 0 heterocycles. The number of nitrogens with zero attached hydrogens (tertiary/aromatic N) is 1. The highest BCUT2D eigenvalue weighted by Crippen LogP contribution is 2.29. The monoisotopic (exact) mass is 442 g/mol. The second kappa shape index (κ2) is 10.6. The number of carbonyl (C=O) groups is 1. The van der Waals surface area contributed by atoms with Gasteiger partial charge < -0.3 is 10.1 Å². The third kappa shape index (κ3) is 5.95. The van der Waals surface area contributed by atoms with Crippen molar-refractivity contribution < 1.29 is 17.9 Å². The van der Waals surface area contributed by atoms with Crippen LogP contribution in [0.15, 0.2) is 59.5 Å². The van der Waals surface area contributed by atoms with E-state index in [1.807, 2.05) is 38.1 Å². The summed E-state index contributed by atoms with van der Waals surface area (Å²) in [6.07, 6.45) is 7.74. The van der Waals surface area contributed by atoms with Gasteiger partial charge in [-0.15, -0.1) is 0 Å². The summed E-state index contributed by atoms with van der Waals surface area (Å²) < 4.78 is 32.6. The maximum absolute atomic E-state index is 12.6. The van der Waals surface area contributed by atoms with E-state index in [4.69, 9.17) is 4.74 Å². The molecule has 0 radical (unpaired) electrons. The first kappa shape index (κ1) is 23.0. The Labute approximate surface area is 185 Å². The maximum Gasteiger partial charge on any atom is 0.248 e. The van der Waals surface area contributed by atoms with Crippen molar-refractivity contribution in [3.63, 3.8) is 0 Å².